The van der Waals surface area contributed by atoms with E-state index in [4.69, 9.17) is 5.73 Å². The van der Waals surface area contributed by atoms with E-state index in [2.05, 4.69) is 0 Å². The van der Waals surface area contributed by atoms with E-state index in [1.165, 1.54) is 0 Å². The number of anilines is 1. The molecule has 0 aliphatic carbocycles. The second-order valence-electron chi connectivity index (χ2n) is 3.04. The van der Waals surface area contributed by atoms with Gasteiger partial charge in [-0.2, -0.15) is 0 Å². The topological polar surface area (TPSA) is 43.1 Å². The van der Waals surface area contributed by atoms with Gasteiger partial charge in [-0.25, -0.2) is 0 Å². The fourth-order valence-electron chi connectivity index (χ4n) is 1.06. The molecule has 64 valence electrons. The average Bonchev–Trinajstić information content (AvgIpc) is 2.08. The zero-order chi connectivity index (χ0) is 9.14. The first-order valence-electron chi connectivity index (χ1n) is 3.96. The standard InChI is InChI=1S/C10H13NO/c1-7-5-9(8(2)6-12)3-4-10(7)11/h3-6,8H,11H2,1-2H3. The fourth-order valence-corrected chi connectivity index (χ4v) is 1.06. The molecule has 0 saturated heterocycles. The molecule has 0 saturated carbocycles. The summed E-state index contributed by atoms with van der Waals surface area (Å²) in [6, 6.07) is 5.68. The van der Waals surface area contributed by atoms with Crippen LogP contribution in [0.15, 0.2) is 18.2 Å². The second-order valence-corrected chi connectivity index (χ2v) is 3.04. The summed E-state index contributed by atoms with van der Waals surface area (Å²) in [5.74, 6) is -0.0377. The highest BCUT2D eigenvalue weighted by atomic mass is 16.1. The maximum absolute atomic E-state index is 10.5. The van der Waals surface area contributed by atoms with Crippen molar-refractivity contribution in [2.45, 2.75) is 19.8 Å². The van der Waals surface area contributed by atoms with E-state index in [0.29, 0.717) is 0 Å². The summed E-state index contributed by atoms with van der Waals surface area (Å²) in [4.78, 5) is 10.5. The van der Waals surface area contributed by atoms with Gasteiger partial charge >= 0.3 is 0 Å². The number of nitrogens with two attached hydrogens (primary N) is 1. The minimum Gasteiger partial charge on any atom is -0.399 e. The van der Waals surface area contributed by atoms with E-state index >= 15 is 0 Å². The molecule has 0 spiro atoms. The molecule has 0 amide bonds. The van der Waals surface area contributed by atoms with Crippen LogP contribution in [0.25, 0.3) is 0 Å². The Morgan fingerprint density at radius 1 is 1.50 bits per heavy atom. The van der Waals surface area contributed by atoms with Crippen LogP contribution in [0, 0.1) is 6.92 Å². The van der Waals surface area contributed by atoms with Gasteiger partial charge in [0.15, 0.2) is 0 Å². The lowest BCUT2D eigenvalue weighted by Gasteiger charge is -2.06. The van der Waals surface area contributed by atoms with Crippen molar-refractivity contribution in [2.75, 3.05) is 5.73 Å². The number of rotatable bonds is 2. The number of benzene rings is 1. The number of hydrogen-bond acceptors (Lipinski definition) is 2. The predicted octanol–water partition coefficient (Wildman–Crippen LogP) is 1.88. The third-order valence-electron chi connectivity index (χ3n) is 2.02. The Bertz CT molecular complexity index is 294. The number of aldehydes is 1. The van der Waals surface area contributed by atoms with Crippen LogP contribution < -0.4 is 5.73 Å². The summed E-state index contributed by atoms with van der Waals surface area (Å²) in [5.41, 5.74) is 8.47. The van der Waals surface area contributed by atoms with E-state index in [1.807, 2.05) is 32.0 Å². The molecule has 0 bridgehead atoms. The molecule has 12 heavy (non-hydrogen) atoms. The van der Waals surface area contributed by atoms with Crippen molar-refractivity contribution in [3.05, 3.63) is 29.3 Å². The molecule has 0 aromatic heterocycles. The number of hydrogen-bond donors (Lipinski definition) is 1. The van der Waals surface area contributed by atoms with Crippen LogP contribution in [-0.4, -0.2) is 6.29 Å². The molecule has 1 unspecified atom stereocenters. The maximum Gasteiger partial charge on any atom is 0.127 e. The van der Waals surface area contributed by atoms with Gasteiger partial charge in [-0.05, 0) is 24.1 Å². The van der Waals surface area contributed by atoms with Gasteiger partial charge in [-0.3, -0.25) is 0 Å². The quantitative estimate of drug-likeness (QED) is 0.534. The molecular weight excluding hydrogens is 150 g/mol. The highest BCUT2D eigenvalue weighted by molar-refractivity contribution is 5.63. The number of aryl methyl sites for hydroxylation is 1. The van der Waals surface area contributed by atoms with Crippen molar-refractivity contribution in [1.82, 2.24) is 0 Å². The fraction of sp³-hybridized carbons (Fsp3) is 0.300. The summed E-state index contributed by atoms with van der Waals surface area (Å²) in [7, 11) is 0. The number of carbonyl (C=O) groups is 1. The van der Waals surface area contributed by atoms with Gasteiger partial charge in [0, 0.05) is 11.6 Å². The molecule has 2 nitrogen and oxygen atoms in total. The summed E-state index contributed by atoms with van der Waals surface area (Å²) >= 11 is 0. The van der Waals surface area contributed by atoms with Crippen molar-refractivity contribution < 1.29 is 4.79 Å². The summed E-state index contributed by atoms with van der Waals surface area (Å²) < 4.78 is 0. The molecule has 0 heterocycles. The van der Waals surface area contributed by atoms with E-state index in [9.17, 15) is 4.79 Å². The lowest BCUT2D eigenvalue weighted by molar-refractivity contribution is -0.108. The first kappa shape index (κ1) is 8.78. The van der Waals surface area contributed by atoms with Crippen molar-refractivity contribution in [3.8, 4) is 0 Å². The zero-order valence-electron chi connectivity index (χ0n) is 7.37. The monoisotopic (exact) mass is 163 g/mol. The molecular formula is C10H13NO. The van der Waals surface area contributed by atoms with Crippen molar-refractivity contribution in [3.63, 3.8) is 0 Å². The molecule has 1 aromatic rings. The van der Waals surface area contributed by atoms with E-state index in [-0.39, 0.29) is 5.92 Å². The Balaban J connectivity index is 3.04. The number of carbonyl (C=O) groups excluding carboxylic acids is 1. The van der Waals surface area contributed by atoms with Gasteiger partial charge in [-0.1, -0.05) is 19.1 Å². The van der Waals surface area contributed by atoms with Crippen molar-refractivity contribution in [1.29, 1.82) is 0 Å². The maximum atomic E-state index is 10.5. The lowest BCUT2D eigenvalue weighted by Crippen LogP contribution is -1.96. The van der Waals surface area contributed by atoms with Gasteiger partial charge in [0.05, 0.1) is 0 Å². The molecule has 2 heteroatoms. The number of nitrogen functional groups attached to an aromatic ring is 1. The van der Waals surface area contributed by atoms with Gasteiger partial charge < -0.3 is 10.5 Å². The first-order valence-corrected chi connectivity index (χ1v) is 3.96. The van der Waals surface area contributed by atoms with Gasteiger partial charge in [0.1, 0.15) is 6.29 Å². The predicted molar refractivity (Wildman–Crippen MR) is 50.1 cm³/mol. The minimum atomic E-state index is -0.0377. The SMILES string of the molecule is Cc1cc(C(C)C=O)ccc1N. The highest BCUT2D eigenvalue weighted by Crippen LogP contribution is 2.18. The zero-order valence-corrected chi connectivity index (χ0v) is 7.37. The Morgan fingerprint density at radius 2 is 2.17 bits per heavy atom. The van der Waals surface area contributed by atoms with Crippen molar-refractivity contribution in [2.24, 2.45) is 0 Å². The van der Waals surface area contributed by atoms with Crippen LogP contribution in [-0.2, 0) is 4.79 Å². The highest BCUT2D eigenvalue weighted by Gasteiger charge is 2.03. The molecule has 1 aromatic carbocycles. The normalized spacial score (nSPS) is 12.5. The van der Waals surface area contributed by atoms with Crippen LogP contribution >= 0.6 is 0 Å². The van der Waals surface area contributed by atoms with E-state index < -0.39 is 0 Å². The smallest absolute Gasteiger partial charge is 0.127 e. The first-order chi connectivity index (χ1) is 5.65. The van der Waals surface area contributed by atoms with E-state index in [1.54, 1.807) is 0 Å². The molecule has 2 N–H and O–H groups in total. The van der Waals surface area contributed by atoms with Gasteiger partial charge in [-0.15, -0.1) is 0 Å². The Morgan fingerprint density at radius 3 is 2.67 bits per heavy atom. The van der Waals surface area contributed by atoms with Crippen LogP contribution in [0.5, 0.6) is 0 Å². The molecule has 1 atom stereocenters. The lowest BCUT2D eigenvalue weighted by atomic mass is 10.00. The Kier molecular flexibility index (Phi) is 2.48. The molecule has 0 aliphatic heterocycles. The van der Waals surface area contributed by atoms with Crippen LogP contribution in [0.4, 0.5) is 5.69 Å². The Hall–Kier alpha value is -1.31. The van der Waals surface area contributed by atoms with Gasteiger partial charge in [0.25, 0.3) is 0 Å². The molecule has 0 fully saturated rings. The Labute approximate surface area is 72.4 Å². The molecule has 1 rings (SSSR count). The summed E-state index contributed by atoms with van der Waals surface area (Å²) in [6.45, 7) is 3.81. The van der Waals surface area contributed by atoms with Gasteiger partial charge in [0.2, 0.25) is 0 Å². The summed E-state index contributed by atoms with van der Waals surface area (Å²) in [6.07, 6.45) is 0.935. The molecule has 0 radical (unpaired) electrons. The largest absolute Gasteiger partial charge is 0.399 e. The molecule has 0 aliphatic rings. The second kappa shape index (κ2) is 3.39. The minimum absolute atomic E-state index is 0.0377. The average molecular weight is 163 g/mol. The van der Waals surface area contributed by atoms with Crippen LogP contribution in [0.3, 0.4) is 0 Å². The van der Waals surface area contributed by atoms with Crippen LogP contribution in [0.1, 0.15) is 24.0 Å². The third-order valence-corrected chi connectivity index (χ3v) is 2.02. The van der Waals surface area contributed by atoms with E-state index in [0.717, 1.165) is 23.1 Å². The van der Waals surface area contributed by atoms with Crippen molar-refractivity contribution >= 4 is 12.0 Å². The summed E-state index contributed by atoms with van der Waals surface area (Å²) in [5, 5.41) is 0. The third kappa shape index (κ3) is 1.64. The van der Waals surface area contributed by atoms with Crippen LogP contribution in [0.2, 0.25) is 0 Å².